The summed E-state index contributed by atoms with van der Waals surface area (Å²) in [6, 6.07) is 0. The van der Waals surface area contributed by atoms with Crippen molar-refractivity contribution in [2.75, 3.05) is 26.2 Å². The summed E-state index contributed by atoms with van der Waals surface area (Å²) in [5, 5.41) is 0. The Hall–Kier alpha value is 0.739. The Labute approximate surface area is 162 Å². The van der Waals surface area contributed by atoms with Gasteiger partial charge in [-0.25, -0.2) is 0 Å². The molecule has 0 saturated carbocycles. The van der Waals surface area contributed by atoms with Gasteiger partial charge in [0.25, 0.3) is 0 Å². The minimum Gasteiger partial charge on any atom is -0.411 e. The Kier molecular flexibility index (Phi) is 11.7. The van der Waals surface area contributed by atoms with Crippen LogP contribution in [0.2, 0.25) is 0 Å². The largest absolute Gasteiger partial charge is 2.00 e. The van der Waals surface area contributed by atoms with E-state index in [0.29, 0.717) is 8.64 Å². The molecule has 0 N–H and O–H groups in total. The summed E-state index contributed by atoms with van der Waals surface area (Å²) in [7, 11) is 0. The molecule has 2 rings (SSSR count). The van der Waals surface area contributed by atoms with Gasteiger partial charge in [0.2, 0.25) is 0 Å². The van der Waals surface area contributed by atoms with Crippen LogP contribution in [0.1, 0.15) is 39.5 Å². The predicted octanol–water partition coefficient (Wildman–Crippen LogP) is 3.10. The smallest absolute Gasteiger partial charge is 0.411 e. The maximum absolute atomic E-state index is 4.91. The van der Waals surface area contributed by atoms with Gasteiger partial charge in [-0.15, -0.1) is 0 Å². The van der Waals surface area contributed by atoms with Crippen LogP contribution in [0.4, 0.5) is 0 Å². The van der Waals surface area contributed by atoms with Crippen LogP contribution < -0.4 is 0 Å². The predicted molar refractivity (Wildman–Crippen MR) is 99.9 cm³/mol. The topological polar surface area (TPSA) is 6.48 Å². The van der Waals surface area contributed by atoms with Crippen LogP contribution in [0.5, 0.6) is 0 Å². The molecule has 2 fully saturated rings. The zero-order chi connectivity index (χ0) is 15.1. The molecule has 0 bridgehead atoms. The summed E-state index contributed by atoms with van der Waals surface area (Å²) in [6.45, 7) is 8.80. The molecule has 2 heterocycles. The third-order valence-electron chi connectivity index (χ3n) is 3.83. The van der Waals surface area contributed by atoms with Crippen molar-refractivity contribution in [2.45, 2.75) is 39.5 Å². The van der Waals surface area contributed by atoms with E-state index in [2.05, 4.69) is 23.6 Å². The second-order valence-corrected chi connectivity index (χ2v) is 7.98. The Morgan fingerprint density at radius 1 is 0.857 bits per heavy atom. The molecule has 2 aliphatic heterocycles. The summed E-state index contributed by atoms with van der Waals surface area (Å²) in [6.07, 6.45) is 5.15. The van der Waals surface area contributed by atoms with Crippen LogP contribution >= 0.6 is 24.4 Å². The standard InChI is InChI=1S/2C7H13NS2.Cu/c2*1-6-3-2-4-8(5-6)7(9)10;/h2*6H,2-5H2,1H3,(H,9,10);/q;;+2/p-2. The summed E-state index contributed by atoms with van der Waals surface area (Å²) in [4.78, 5) is 4.25. The Morgan fingerprint density at radius 3 is 1.38 bits per heavy atom. The fourth-order valence-corrected chi connectivity index (χ4v) is 3.37. The van der Waals surface area contributed by atoms with Crippen molar-refractivity contribution in [3.8, 4) is 0 Å². The molecule has 0 aliphatic carbocycles. The fraction of sp³-hybridized carbons (Fsp3) is 0.857. The first-order chi connectivity index (χ1) is 9.40. The summed E-state index contributed by atoms with van der Waals surface area (Å²) >= 11 is 19.6. The molecule has 1 radical (unpaired) electrons. The van der Waals surface area contributed by atoms with E-state index in [1.54, 1.807) is 0 Å². The molecule has 2 nitrogen and oxygen atoms in total. The van der Waals surface area contributed by atoms with Gasteiger partial charge in [-0.1, -0.05) is 22.5 Å². The SMILES string of the molecule is CC1CCCN(C(=S)[S-])C1.CC1CCCN(C(=S)[S-])C1.[Cu+2]. The molecule has 21 heavy (non-hydrogen) atoms. The molecule has 125 valence electrons. The summed E-state index contributed by atoms with van der Waals surface area (Å²) in [5.41, 5.74) is 0. The van der Waals surface area contributed by atoms with Crippen LogP contribution in [0.3, 0.4) is 0 Å². The van der Waals surface area contributed by atoms with E-state index in [-0.39, 0.29) is 17.1 Å². The normalized spacial score (nSPS) is 25.2. The summed E-state index contributed by atoms with van der Waals surface area (Å²) in [5.74, 6) is 1.55. The third kappa shape index (κ3) is 8.82. The maximum atomic E-state index is 4.91. The Bertz CT molecular complexity index is 309. The number of hydrogen-bond donors (Lipinski definition) is 0. The van der Waals surface area contributed by atoms with E-state index in [4.69, 9.17) is 49.7 Å². The van der Waals surface area contributed by atoms with Crippen LogP contribution in [0, 0.1) is 11.8 Å². The second-order valence-electron chi connectivity index (χ2n) is 5.92. The molecule has 2 atom stereocenters. The van der Waals surface area contributed by atoms with Crippen molar-refractivity contribution in [3.63, 3.8) is 0 Å². The van der Waals surface area contributed by atoms with Crippen LogP contribution in [0.25, 0.3) is 0 Å². The number of likely N-dealkylation sites (tertiary alicyclic amines) is 2. The van der Waals surface area contributed by atoms with Gasteiger partial charge < -0.3 is 59.5 Å². The van der Waals surface area contributed by atoms with E-state index in [9.17, 15) is 0 Å². The van der Waals surface area contributed by atoms with Gasteiger partial charge in [0.15, 0.2) is 0 Å². The third-order valence-corrected chi connectivity index (χ3v) is 4.86. The van der Waals surface area contributed by atoms with E-state index < -0.39 is 0 Å². The molecule has 0 aromatic rings. The number of hydrogen-bond acceptors (Lipinski definition) is 4. The molecule has 7 heteroatoms. The average molecular weight is 412 g/mol. The van der Waals surface area contributed by atoms with Gasteiger partial charge >= 0.3 is 17.1 Å². The van der Waals surface area contributed by atoms with E-state index in [1.807, 2.05) is 0 Å². The fourth-order valence-electron chi connectivity index (χ4n) is 2.71. The van der Waals surface area contributed by atoms with Crippen molar-refractivity contribution in [2.24, 2.45) is 11.8 Å². The van der Waals surface area contributed by atoms with Crippen LogP contribution in [0.15, 0.2) is 0 Å². The van der Waals surface area contributed by atoms with Crippen molar-refractivity contribution in [1.82, 2.24) is 9.80 Å². The zero-order valence-corrected chi connectivity index (χ0v) is 16.8. The first-order valence-corrected chi connectivity index (χ1v) is 8.95. The van der Waals surface area contributed by atoms with Crippen molar-refractivity contribution in [3.05, 3.63) is 0 Å². The quantitative estimate of drug-likeness (QED) is 0.341. The molecule has 0 aromatic carbocycles. The van der Waals surface area contributed by atoms with Crippen molar-refractivity contribution < 1.29 is 17.1 Å². The molecular formula is C14H24CuN2S4. The molecule has 2 saturated heterocycles. The Balaban J connectivity index is 0.000000364. The molecule has 0 spiro atoms. The second kappa shape index (κ2) is 11.3. The molecule has 2 aliphatic rings. The zero-order valence-electron chi connectivity index (χ0n) is 12.6. The first kappa shape index (κ1) is 21.7. The average Bonchev–Trinajstić information content (AvgIpc) is 2.39. The minimum absolute atomic E-state index is 0. The molecular weight excluding hydrogens is 388 g/mol. The summed E-state index contributed by atoms with van der Waals surface area (Å²) < 4.78 is 1.29. The molecule has 0 aromatic heterocycles. The molecule has 0 amide bonds. The van der Waals surface area contributed by atoms with Gasteiger partial charge in [0.1, 0.15) is 0 Å². The van der Waals surface area contributed by atoms with Crippen LogP contribution in [-0.4, -0.2) is 44.6 Å². The number of thiocarbonyl (C=S) groups is 2. The monoisotopic (exact) mass is 411 g/mol. The molecule has 2 unspecified atom stereocenters. The number of rotatable bonds is 0. The Morgan fingerprint density at radius 2 is 1.19 bits per heavy atom. The minimum atomic E-state index is 0. The van der Waals surface area contributed by atoms with Gasteiger partial charge in [0.05, 0.1) is 0 Å². The number of piperidine rings is 2. The van der Waals surface area contributed by atoms with Crippen LogP contribution in [-0.2, 0) is 42.3 Å². The van der Waals surface area contributed by atoms with Gasteiger partial charge in [-0.2, -0.15) is 0 Å². The van der Waals surface area contributed by atoms with E-state index >= 15 is 0 Å². The first-order valence-electron chi connectivity index (χ1n) is 7.32. The van der Waals surface area contributed by atoms with E-state index in [1.165, 1.54) is 25.7 Å². The maximum Gasteiger partial charge on any atom is 2.00 e. The van der Waals surface area contributed by atoms with E-state index in [0.717, 1.165) is 38.0 Å². The number of nitrogens with zero attached hydrogens (tertiary/aromatic N) is 2. The van der Waals surface area contributed by atoms with Gasteiger partial charge in [-0.3, -0.25) is 0 Å². The van der Waals surface area contributed by atoms with Gasteiger partial charge in [-0.05, 0) is 37.5 Å². The van der Waals surface area contributed by atoms with Gasteiger partial charge in [0, 0.05) is 26.2 Å². The van der Waals surface area contributed by atoms with Crippen molar-refractivity contribution >= 4 is 58.3 Å². The van der Waals surface area contributed by atoms with Crippen molar-refractivity contribution in [1.29, 1.82) is 0 Å².